The Morgan fingerprint density at radius 3 is 0.829 bits per heavy atom. The second-order valence-corrected chi connectivity index (χ2v) is 16.7. The van der Waals surface area contributed by atoms with E-state index in [0.717, 1.165) is 17.8 Å². The zero-order valence-corrected chi connectivity index (χ0v) is 37.2. The summed E-state index contributed by atoms with van der Waals surface area (Å²) in [6.45, 7) is 0.864. The van der Waals surface area contributed by atoms with E-state index >= 15 is 0 Å². The van der Waals surface area contributed by atoms with Crippen molar-refractivity contribution in [2.75, 3.05) is 0 Å². The molecule has 0 fully saturated rings. The van der Waals surface area contributed by atoms with Gasteiger partial charge in [-0.15, -0.1) is 0 Å². The van der Waals surface area contributed by atoms with Crippen LogP contribution >= 0.6 is 0 Å². The lowest BCUT2D eigenvalue weighted by atomic mass is 9.12. The van der Waals surface area contributed by atoms with Crippen molar-refractivity contribution in [2.24, 2.45) is 0 Å². The van der Waals surface area contributed by atoms with Crippen molar-refractivity contribution in [1.29, 1.82) is 0 Å². The van der Waals surface area contributed by atoms with Gasteiger partial charge in [0.2, 0.25) is 0 Å². The molecule has 0 unspecified atom stereocenters. The molecule has 1 heterocycles. The van der Waals surface area contributed by atoms with Crippen LogP contribution in [0.15, 0.2) is 152 Å². The predicted molar refractivity (Wildman–Crippen MR) is 225 cm³/mol. The van der Waals surface area contributed by atoms with Crippen LogP contribution in [0, 0.1) is 0 Å². The molecule has 7 rings (SSSR count). The highest BCUT2D eigenvalue weighted by atomic mass is 19.4. The molecule has 6 aromatic carbocycles. The molecular formula is C49H27BF24N2. The zero-order chi connectivity index (χ0) is 56.8. The third kappa shape index (κ3) is 13.4. The molecule has 0 spiro atoms. The van der Waals surface area contributed by atoms with Crippen LogP contribution in [-0.2, 0) is 56.0 Å². The van der Waals surface area contributed by atoms with Crippen molar-refractivity contribution >= 4 is 28.0 Å². The minimum absolute atomic E-state index is 0.691. The van der Waals surface area contributed by atoms with Crippen LogP contribution in [0.25, 0.3) is 11.3 Å². The third-order valence-electron chi connectivity index (χ3n) is 11.5. The largest absolute Gasteiger partial charge is 0.416 e. The molecule has 0 aliphatic carbocycles. The molecule has 0 saturated carbocycles. The van der Waals surface area contributed by atoms with Gasteiger partial charge in [0.1, 0.15) is 11.8 Å². The molecular weight excluding hydrogens is 1080 g/mol. The zero-order valence-electron chi connectivity index (χ0n) is 37.2. The second kappa shape index (κ2) is 20.4. The number of aromatic nitrogens is 2. The van der Waals surface area contributed by atoms with Gasteiger partial charge in [0.25, 0.3) is 0 Å². The van der Waals surface area contributed by atoms with E-state index in [0.29, 0.717) is 0 Å². The van der Waals surface area contributed by atoms with Crippen molar-refractivity contribution < 1.29 is 110 Å². The molecule has 7 aromatic rings. The summed E-state index contributed by atoms with van der Waals surface area (Å²) in [5.74, 6) is 0. The highest BCUT2D eigenvalue weighted by Crippen LogP contribution is 2.41. The van der Waals surface area contributed by atoms with Gasteiger partial charge >= 0.3 is 49.4 Å². The van der Waals surface area contributed by atoms with E-state index in [1.54, 1.807) is 0 Å². The van der Waals surface area contributed by atoms with Crippen LogP contribution < -0.4 is 26.4 Å². The fourth-order valence-corrected chi connectivity index (χ4v) is 8.15. The van der Waals surface area contributed by atoms with Crippen molar-refractivity contribution in [3.63, 3.8) is 0 Å². The highest BCUT2D eigenvalue weighted by Gasteiger charge is 2.47. The van der Waals surface area contributed by atoms with Gasteiger partial charge in [-0.05, 0) is 24.3 Å². The number of nitrogens with zero attached hydrogens (tertiary/aromatic N) is 2. The third-order valence-corrected chi connectivity index (χ3v) is 11.5. The minimum atomic E-state index is -6.13. The van der Waals surface area contributed by atoms with Crippen LogP contribution in [0.4, 0.5) is 105 Å². The average molecular weight is 1110 g/mol. The summed E-state index contributed by atoms with van der Waals surface area (Å²) in [4.78, 5) is 4.43. The minimum Gasteiger partial charge on any atom is -0.244 e. The molecule has 0 aliphatic rings. The molecule has 0 radical (unpaired) electrons. The van der Waals surface area contributed by atoms with E-state index < -0.39 is 195 Å². The fourth-order valence-electron chi connectivity index (χ4n) is 8.15. The first-order chi connectivity index (χ1) is 34.7. The first kappa shape index (κ1) is 58.1. The Hall–Kier alpha value is -7.22. The summed E-state index contributed by atoms with van der Waals surface area (Å²) in [7, 11) is 0. The van der Waals surface area contributed by atoms with Crippen molar-refractivity contribution in [3.05, 3.63) is 202 Å². The quantitative estimate of drug-likeness (QED) is 0.0883. The van der Waals surface area contributed by atoms with Gasteiger partial charge in [-0.3, -0.25) is 0 Å². The fraction of sp³-hybridized carbons (Fsp3) is 0.184. The standard InChI is InChI=1S/C32H12BF24.C17H15N2/c34-25(35,36)13-1-14(26(37,38)39)6-21(5-13)33(22-7-15(27(40,41)42)2-16(8-22)28(43,44)45,23-9-17(29(46,47)48)3-18(10-23)30(49,50)51)24-11-19(31(52,53)54)4-20(12-24)32(55,56)57;1-3-7-15(8-4-1)13-19-12-11-18-17(14-19)16-9-5-2-6-10-16/h1-12H;1-12,14H,13H2/q-1;+1. The molecule has 0 atom stereocenters. The Balaban J connectivity index is 0.000000408. The molecule has 2 nitrogen and oxygen atoms in total. The summed E-state index contributed by atoms with van der Waals surface area (Å²) in [5, 5.41) is 0. The number of benzene rings is 6. The van der Waals surface area contributed by atoms with Gasteiger partial charge in [-0.2, -0.15) is 132 Å². The summed E-state index contributed by atoms with van der Waals surface area (Å²) in [6.07, 6.45) is -48.9. The summed E-state index contributed by atoms with van der Waals surface area (Å²) >= 11 is 0. The SMILES string of the molecule is FC(F)(F)c1cc([B-](c2cc(C(F)(F)F)cc(C(F)(F)F)c2)(c2cc(C(F)(F)F)cc(C(F)(F)F)c2)c2cc(C(F)(F)F)cc(C(F)(F)F)c2)cc(C(F)(F)F)c1.c1ccc(C[n+]2ccnc(-c3ccccc3)c2)cc1. The van der Waals surface area contributed by atoms with Crippen LogP contribution in [-0.4, -0.2) is 11.1 Å². The average Bonchev–Trinajstić information content (AvgIpc) is 3.30. The van der Waals surface area contributed by atoms with Gasteiger partial charge in [-0.25, -0.2) is 4.98 Å². The number of alkyl halides is 24. The first-order valence-electron chi connectivity index (χ1n) is 21.0. The summed E-state index contributed by atoms with van der Waals surface area (Å²) in [6, 6.07) is 11.9. The summed E-state index contributed by atoms with van der Waals surface area (Å²) < 4.78 is 343. The van der Waals surface area contributed by atoms with Gasteiger partial charge in [0, 0.05) is 11.1 Å². The van der Waals surface area contributed by atoms with E-state index in [9.17, 15) is 105 Å². The lowest BCUT2D eigenvalue weighted by molar-refractivity contribution is -0.688. The topological polar surface area (TPSA) is 16.8 Å². The van der Waals surface area contributed by atoms with E-state index in [2.05, 4.69) is 52.1 Å². The highest BCUT2D eigenvalue weighted by molar-refractivity contribution is 7.20. The molecule has 0 N–H and O–H groups in total. The van der Waals surface area contributed by atoms with Crippen LogP contribution in [0.2, 0.25) is 0 Å². The number of rotatable bonds is 7. The number of hydrogen-bond acceptors (Lipinski definition) is 1. The molecule has 0 amide bonds. The summed E-state index contributed by atoms with van der Waals surface area (Å²) in [5.41, 5.74) is -26.8. The normalized spacial score (nSPS) is 13.3. The van der Waals surface area contributed by atoms with Gasteiger partial charge in [0.15, 0.2) is 18.9 Å². The Bertz CT molecular complexity index is 2730. The Morgan fingerprint density at radius 2 is 0.579 bits per heavy atom. The molecule has 27 heteroatoms. The molecule has 0 aliphatic heterocycles. The maximum Gasteiger partial charge on any atom is 0.416 e. The molecule has 76 heavy (non-hydrogen) atoms. The van der Waals surface area contributed by atoms with Gasteiger partial charge in [-0.1, -0.05) is 109 Å². The predicted octanol–water partition coefficient (Wildman–Crippen LogP) is 14.3. The van der Waals surface area contributed by atoms with Crippen LogP contribution in [0.3, 0.4) is 0 Å². The Kier molecular flexibility index (Phi) is 15.6. The molecule has 1 aromatic heterocycles. The van der Waals surface area contributed by atoms with E-state index in [1.165, 1.54) is 5.56 Å². The lowest BCUT2D eigenvalue weighted by Crippen LogP contribution is -2.75. The maximum absolute atomic E-state index is 14.2. The number of halogens is 24. The van der Waals surface area contributed by atoms with Crippen molar-refractivity contribution in [1.82, 2.24) is 4.98 Å². The van der Waals surface area contributed by atoms with Crippen molar-refractivity contribution in [2.45, 2.75) is 56.0 Å². The van der Waals surface area contributed by atoms with E-state index in [4.69, 9.17) is 0 Å². The monoisotopic (exact) mass is 1110 g/mol. The number of hydrogen-bond donors (Lipinski definition) is 0. The van der Waals surface area contributed by atoms with Gasteiger partial charge < -0.3 is 0 Å². The van der Waals surface area contributed by atoms with E-state index in [1.807, 2.05) is 36.7 Å². The van der Waals surface area contributed by atoms with E-state index in [-0.39, 0.29) is 0 Å². The lowest BCUT2D eigenvalue weighted by Gasteiger charge is -2.46. The second-order valence-electron chi connectivity index (χ2n) is 16.7. The van der Waals surface area contributed by atoms with Gasteiger partial charge in [0.05, 0.1) is 50.7 Å². The Labute approximate surface area is 411 Å². The van der Waals surface area contributed by atoms with Crippen molar-refractivity contribution in [3.8, 4) is 11.3 Å². The molecule has 0 bridgehead atoms. The molecule has 404 valence electrons. The Morgan fingerprint density at radius 1 is 0.329 bits per heavy atom. The van der Waals surface area contributed by atoms with Crippen LogP contribution in [0.5, 0.6) is 0 Å². The maximum atomic E-state index is 14.2. The first-order valence-corrected chi connectivity index (χ1v) is 21.0. The molecule has 0 saturated heterocycles. The smallest absolute Gasteiger partial charge is 0.244 e. The van der Waals surface area contributed by atoms with Crippen LogP contribution in [0.1, 0.15) is 50.1 Å².